The Bertz CT molecular complexity index is 951. The molecule has 0 spiro atoms. The highest BCUT2D eigenvalue weighted by molar-refractivity contribution is 5.95. The SMILES string of the molecule is CCc1cccc(C)c1NC(=O)COC(=O)c1cc(-c2ccncc2)no1. The Morgan fingerprint density at radius 1 is 1.19 bits per heavy atom. The summed E-state index contributed by atoms with van der Waals surface area (Å²) in [5.74, 6) is -1.24. The van der Waals surface area contributed by atoms with E-state index in [4.69, 9.17) is 9.26 Å². The number of esters is 1. The molecule has 27 heavy (non-hydrogen) atoms. The molecule has 0 atom stereocenters. The number of amides is 1. The van der Waals surface area contributed by atoms with Gasteiger partial charge in [0.1, 0.15) is 5.69 Å². The smallest absolute Gasteiger partial charge is 0.377 e. The fourth-order valence-electron chi connectivity index (χ4n) is 2.61. The first-order valence-corrected chi connectivity index (χ1v) is 8.51. The summed E-state index contributed by atoms with van der Waals surface area (Å²) < 4.78 is 10.0. The largest absolute Gasteiger partial charge is 0.450 e. The first kappa shape index (κ1) is 18.3. The van der Waals surface area contributed by atoms with Crippen molar-refractivity contribution in [2.24, 2.45) is 0 Å². The number of nitrogens with one attached hydrogen (secondary N) is 1. The Morgan fingerprint density at radius 3 is 2.70 bits per heavy atom. The molecule has 0 unspecified atom stereocenters. The van der Waals surface area contributed by atoms with E-state index < -0.39 is 18.5 Å². The van der Waals surface area contributed by atoms with Crippen LogP contribution in [-0.2, 0) is 16.0 Å². The predicted octanol–water partition coefficient (Wildman–Crippen LogP) is 3.40. The number of carbonyl (C=O) groups excluding carboxylic acids is 2. The maximum Gasteiger partial charge on any atom is 0.377 e. The average molecular weight is 365 g/mol. The summed E-state index contributed by atoms with van der Waals surface area (Å²) in [5, 5.41) is 6.63. The molecule has 0 saturated heterocycles. The highest BCUT2D eigenvalue weighted by atomic mass is 16.6. The van der Waals surface area contributed by atoms with Crippen molar-refractivity contribution in [2.75, 3.05) is 11.9 Å². The van der Waals surface area contributed by atoms with Crippen LogP contribution >= 0.6 is 0 Å². The first-order chi connectivity index (χ1) is 13.1. The third-order valence-corrected chi connectivity index (χ3v) is 4.03. The standard InChI is InChI=1S/C20H19N3O4/c1-3-14-6-4-5-13(2)19(14)22-18(24)12-26-20(25)17-11-16(23-27-17)15-7-9-21-10-8-15/h4-11H,3,12H2,1-2H3,(H,22,24). The summed E-state index contributed by atoms with van der Waals surface area (Å²) in [5.41, 5.74) is 3.97. The number of ether oxygens (including phenoxy) is 1. The van der Waals surface area contributed by atoms with Crippen molar-refractivity contribution in [3.8, 4) is 11.3 Å². The number of aromatic nitrogens is 2. The number of nitrogens with zero attached hydrogens (tertiary/aromatic N) is 2. The maximum atomic E-state index is 12.2. The number of hydrogen-bond donors (Lipinski definition) is 1. The van der Waals surface area contributed by atoms with Crippen molar-refractivity contribution in [1.29, 1.82) is 0 Å². The fourth-order valence-corrected chi connectivity index (χ4v) is 2.61. The zero-order chi connectivity index (χ0) is 19.2. The zero-order valence-corrected chi connectivity index (χ0v) is 15.1. The van der Waals surface area contributed by atoms with E-state index in [2.05, 4.69) is 15.5 Å². The van der Waals surface area contributed by atoms with Crippen LogP contribution in [0.3, 0.4) is 0 Å². The molecule has 0 aliphatic rings. The third kappa shape index (κ3) is 4.38. The van der Waals surface area contributed by atoms with E-state index >= 15 is 0 Å². The van der Waals surface area contributed by atoms with Crippen molar-refractivity contribution in [1.82, 2.24) is 10.1 Å². The lowest BCUT2D eigenvalue weighted by molar-refractivity contribution is -0.119. The van der Waals surface area contributed by atoms with Crippen LogP contribution in [0, 0.1) is 6.92 Å². The lowest BCUT2D eigenvalue weighted by atomic mass is 10.1. The van der Waals surface area contributed by atoms with Crippen LogP contribution in [0.5, 0.6) is 0 Å². The molecule has 0 aliphatic heterocycles. The predicted molar refractivity (Wildman–Crippen MR) is 99.2 cm³/mol. The van der Waals surface area contributed by atoms with Gasteiger partial charge in [-0.15, -0.1) is 0 Å². The highest BCUT2D eigenvalue weighted by Crippen LogP contribution is 2.21. The van der Waals surface area contributed by atoms with E-state index in [1.54, 1.807) is 24.5 Å². The van der Waals surface area contributed by atoms with Gasteiger partial charge in [0.15, 0.2) is 6.61 Å². The van der Waals surface area contributed by atoms with E-state index in [1.165, 1.54) is 6.07 Å². The van der Waals surface area contributed by atoms with Crippen molar-refractivity contribution in [2.45, 2.75) is 20.3 Å². The van der Waals surface area contributed by atoms with Crippen LogP contribution in [-0.4, -0.2) is 28.6 Å². The quantitative estimate of drug-likeness (QED) is 0.673. The van der Waals surface area contributed by atoms with E-state index in [0.29, 0.717) is 5.69 Å². The highest BCUT2D eigenvalue weighted by Gasteiger charge is 2.17. The minimum atomic E-state index is -0.751. The number of para-hydroxylation sites is 1. The zero-order valence-electron chi connectivity index (χ0n) is 15.1. The monoisotopic (exact) mass is 365 g/mol. The molecule has 3 rings (SSSR count). The Morgan fingerprint density at radius 2 is 1.96 bits per heavy atom. The Labute approximate surface area is 156 Å². The van der Waals surface area contributed by atoms with Gasteiger partial charge in [0.25, 0.3) is 5.91 Å². The molecule has 7 nitrogen and oxygen atoms in total. The summed E-state index contributed by atoms with van der Waals surface area (Å²) in [7, 11) is 0. The van der Waals surface area contributed by atoms with Crippen LogP contribution < -0.4 is 5.32 Å². The molecule has 0 saturated carbocycles. The number of pyridine rings is 1. The second kappa shape index (κ2) is 8.27. The van der Waals surface area contributed by atoms with Crippen molar-refractivity contribution in [3.63, 3.8) is 0 Å². The Kier molecular flexibility index (Phi) is 5.61. The van der Waals surface area contributed by atoms with Gasteiger partial charge in [0, 0.05) is 29.7 Å². The normalized spacial score (nSPS) is 10.4. The number of hydrogen-bond acceptors (Lipinski definition) is 6. The molecule has 3 aromatic rings. The second-order valence-corrected chi connectivity index (χ2v) is 5.90. The molecule has 7 heteroatoms. The summed E-state index contributed by atoms with van der Waals surface area (Å²) in [6.07, 6.45) is 4.01. The Balaban J connectivity index is 1.60. The van der Waals surface area contributed by atoms with Crippen molar-refractivity contribution in [3.05, 3.63) is 65.7 Å². The van der Waals surface area contributed by atoms with E-state index in [9.17, 15) is 9.59 Å². The molecule has 0 aliphatic carbocycles. The molecular weight excluding hydrogens is 346 g/mol. The Hall–Kier alpha value is -3.48. The summed E-state index contributed by atoms with van der Waals surface area (Å²) in [6, 6.07) is 10.8. The first-order valence-electron chi connectivity index (χ1n) is 8.51. The van der Waals surface area contributed by atoms with Gasteiger partial charge in [0.2, 0.25) is 5.76 Å². The van der Waals surface area contributed by atoms with E-state index in [1.807, 2.05) is 32.0 Å². The molecule has 0 fully saturated rings. The van der Waals surface area contributed by atoms with Gasteiger partial charge >= 0.3 is 5.97 Å². The summed E-state index contributed by atoms with van der Waals surface area (Å²) >= 11 is 0. The van der Waals surface area contributed by atoms with Gasteiger partial charge in [-0.2, -0.15) is 0 Å². The van der Waals surface area contributed by atoms with Gasteiger partial charge in [0.05, 0.1) is 0 Å². The molecular formula is C20H19N3O4. The van der Waals surface area contributed by atoms with Gasteiger partial charge in [-0.1, -0.05) is 30.3 Å². The molecule has 1 amide bonds. The lowest BCUT2D eigenvalue weighted by Crippen LogP contribution is -2.22. The number of carbonyl (C=O) groups is 2. The van der Waals surface area contributed by atoms with Crippen LogP contribution in [0.1, 0.15) is 28.6 Å². The van der Waals surface area contributed by atoms with Gasteiger partial charge < -0.3 is 14.6 Å². The lowest BCUT2D eigenvalue weighted by Gasteiger charge is -2.12. The number of aryl methyl sites for hydroxylation is 2. The summed E-state index contributed by atoms with van der Waals surface area (Å²) in [6.45, 7) is 3.51. The van der Waals surface area contributed by atoms with Crippen molar-refractivity contribution < 1.29 is 18.8 Å². The number of anilines is 1. The summed E-state index contributed by atoms with van der Waals surface area (Å²) in [4.78, 5) is 28.2. The molecule has 138 valence electrons. The number of benzene rings is 1. The van der Waals surface area contributed by atoms with E-state index in [0.717, 1.165) is 28.8 Å². The topological polar surface area (TPSA) is 94.3 Å². The van der Waals surface area contributed by atoms with Gasteiger partial charge in [-0.25, -0.2) is 4.79 Å². The molecule has 1 N–H and O–H groups in total. The minimum Gasteiger partial charge on any atom is -0.450 e. The van der Waals surface area contributed by atoms with Gasteiger partial charge in [-0.05, 0) is 36.6 Å². The fraction of sp³-hybridized carbons (Fsp3) is 0.200. The molecule has 2 aromatic heterocycles. The number of rotatable bonds is 6. The van der Waals surface area contributed by atoms with Gasteiger partial charge in [-0.3, -0.25) is 9.78 Å². The van der Waals surface area contributed by atoms with E-state index in [-0.39, 0.29) is 5.76 Å². The van der Waals surface area contributed by atoms with Crippen LogP contribution in [0.25, 0.3) is 11.3 Å². The average Bonchev–Trinajstić information content (AvgIpc) is 3.19. The van der Waals surface area contributed by atoms with Crippen LogP contribution in [0.15, 0.2) is 53.3 Å². The maximum absolute atomic E-state index is 12.2. The molecule has 1 aromatic carbocycles. The molecule has 0 bridgehead atoms. The van der Waals surface area contributed by atoms with Crippen molar-refractivity contribution >= 4 is 17.6 Å². The van der Waals surface area contributed by atoms with Crippen LogP contribution in [0.4, 0.5) is 5.69 Å². The molecule has 2 heterocycles. The van der Waals surface area contributed by atoms with Crippen LogP contribution in [0.2, 0.25) is 0 Å². The minimum absolute atomic E-state index is 0.0697. The second-order valence-electron chi connectivity index (χ2n) is 5.90. The third-order valence-electron chi connectivity index (χ3n) is 4.03. The molecule has 0 radical (unpaired) electrons.